The van der Waals surface area contributed by atoms with Crippen LogP contribution >= 0.6 is 0 Å². The van der Waals surface area contributed by atoms with Gasteiger partial charge in [-0.3, -0.25) is 0 Å². The van der Waals surface area contributed by atoms with Crippen LogP contribution in [0.15, 0.2) is 36.9 Å². The largest absolute Gasteiger partial charge is 0.480 e. The molecule has 4 aromatic rings. The molecule has 2 aliphatic carbocycles. The minimum absolute atomic E-state index is 0.0243. The first kappa shape index (κ1) is 27.5. The van der Waals surface area contributed by atoms with E-state index in [2.05, 4.69) is 19.9 Å². The van der Waals surface area contributed by atoms with Gasteiger partial charge in [-0.1, -0.05) is 18.2 Å². The number of halogens is 3. The third-order valence-corrected chi connectivity index (χ3v) is 11.8. The van der Waals surface area contributed by atoms with Gasteiger partial charge >= 0.3 is 6.18 Å². The number of sulfonamides is 1. The number of benzene rings is 1. The van der Waals surface area contributed by atoms with Crippen molar-refractivity contribution in [2.45, 2.75) is 74.9 Å². The van der Waals surface area contributed by atoms with Crippen LogP contribution in [0.4, 0.5) is 19.0 Å². The molecule has 1 aromatic carbocycles. The number of methoxy groups -OCH3 is 1. The molecule has 0 bridgehead atoms. The summed E-state index contributed by atoms with van der Waals surface area (Å²) in [5.41, 5.74) is 3.17. The molecular weight excluding hydrogens is 595 g/mol. The van der Waals surface area contributed by atoms with Crippen LogP contribution < -0.4 is 9.04 Å². The molecule has 2 fully saturated rings. The van der Waals surface area contributed by atoms with E-state index in [-0.39, 0.29) is 24.3 Å². The van der Waals surface area contributed by atoms with E-state index in [9.17, 15) is 21.6 Å². The van der Waals surface area contributed by atoms with Crippen molar-refractivity contribution in [2.75, 3.05) is 11.4 Å². The van der Waals surface area contributed by atoms with Crippen molar-refractivity contribution in [2.24, 2.45) is 0 Å². The summed E-state index contributed by atoms with van der Waals surface area (Å²) >= 11 is 0. The molecule has 0 N–H and O–H groups in total. The number of alkyl halides is 3. The Morgan fingerprint density at radius 1 is 1.09 bits per heavy atom. The molecule has 0 unspecified atom stereocenters. The highest BCUT2D eigenvalue weighted by atomic mass is 32.2. The summed E-state index contributed by atoms with van der Waals surface area (Å²) in [5.74, 6) is 1.49. The molecular formula is C30H28F3N7O3S. The number of anilines is 1. The molecule has 3 aromatic heterocycles. The summed E-state index contributed by atoms with van der Waals surface area (Å²) in [4.78, 5) is 22.2. The van der Waals surface area contributed by atoms with E-state index in [1.165, 1.54) is 17.7 Å². The van der Waals surface area contributed by atoms with Crippen LogP contribution in [0.25, 0.3) is 22.8 Å². The highest BCUT2D eigenvalue weighted by Gasteiger charge is 2.65. The number of ether oxygens (including phenoxy) is 1. The van der Waals surface area contributed by atoms with E-state index in [4.69, 9.17) is 9.72 Å². The summed E-state index contributed by atoms with van der Waals surface area (Å²) in [7, 11) is -2.30. The van der Waals surface area contributed by atoms with Crippen molar-refractivity contribution < 1.29 is 26.3 Å². The molecule has 8 rings (SSSR count). The molecule has 0 radical (unpaired) electrons. The number of rotatable bonds is 5. The van der Waals surface area contributed by atoms with Gasteiger partial charge in [-0.05, 0) is 56.6 Å². The molecule has 44 heavy (non-hydrogen) atoms. The molecule has 4 aliphatic rings. The molecule has 0 saturated heterocycles. The number of imidazole rings is 1. The minimum atomic E-state index is -4.55. The average molecular weight is 624 g/mol. The summed E-state index contributed by atoms with van der Waals surface area (Å²) in [5, 5.41) is 0. The Morgan fingerprint density at radius 3 is 2.59 bits per heavy atom. The SMILES string of the molecule is COc1ncnc(C2CC2)c1-c1ncc2c(n1)N(Cc1ccc3c(c1)CC[C@H](C)n1cc(C(F)(F)F)nc1-3)S(=O)(=O)C21CC1. The van der Waals surface area contributed by atoms with Crippen molar-refractivity contribution in [1.82, 2.24) is 29.5 Å². The first-order chi connectivity index (χ1) is 21.0. The summed E-state index contributed by atoms with van der Waals surface area (Å²) < 4.78 is 76.0. The standard InChI is InChI=1S/C30H28F3N7O3S/c1-16-3-5-19-11-17(4-8-20(19)26-37-22(14-39(16)26)30(31,32)33)13-40-27-21(29(9-10-29)44(40,41)42)12-34-25(38-27)23-24(18-6-7-18)35-15-36-28(23)43-2/h4,8,11-12,14-16,18H,3,5-7,9-10,13H2,1-2H3/t16-/m0/s1. The second kappa shape index (κ2) is 9.22. The number of fused-ring (bicyclic) bond motifs is 5. The summed E-state index contributed by atoms with van der Waals surface area (Å²) in [6.07, 6.45) is 3.76. The fourth-order valence-corrected chi connectivity index (χ4v) is 8.74. The number of aryl methyl sites for hydroxylation is 1. The second-order valence-electron chi connectivity index (χ2n) is 12.1. The molecule has 14 heteroatoms. The van der Waals surface area contributed by atoms with E-state index < -0.39 is 26.6 Å². The molecule has 2 aliphatic heterocycles. The maximum Gasteiger partial charge on any atom is 0.434 e. The highest BCUT2D eigenvalue weighted by Crippen LogP contribution is 2.61. The van der Waals surface area contributed by atoms with Gasteiger partial charge in [0, 0.05) is 35.5 Å². The van der Waals surface area contributed by atoms with Crippen LogP contribution in [0.5, 0.6) is 5.88 Å². The number of nitrogens with zero attached hydrogens (tertiary/aromatic N) is 7. The van der Waals surface area contributed by atoms with Gasteiger partial charge < -0.3 is 9.30 Å². The number of hydrogen-bond donors (Lipinski definition) is 0. The summed E-state index contributed by atoms with van der Waals surface area (Å²) in [6.45, 7) is 1.90. The zero-order chi connectivity index (χ0) is 30.6. The van der Waals surface area contributed by atoms with Crippen molar-refractivity contribution in [3.05, 3.63) is 65.0 Å². The lowest BCUT2D eigenvalue weighted by Gasteiger charge is -2.20. The molecule has 5 heterocycles. The van der Waals surface area contributed by atoms with E-state index in [0.717, 1.165) is 30.3 Å². The molecule has 2 saturated carbocycles. The third kappa shape index (κ3) is 3.99. The van der Waals surface area contributed by atoms with Crippen LogP contribution in [0.1, 0.15) is 79.1 Å². The lowest BCUT2D eigenvalue weighted by molar-refractivity contribution is -0.140. The van der Waals surface area contributed by atoms with Gasteiger partial charge in [-0.25, -0.2) is 37.6 Å². The fourth-order valence-electron chi connectivity index (χ4n) is 6.59. The molecule has 228 valence electrons. The Morgan fingerprint density at radius 2 is 1.89 bits per heavy atom. The predicted octanol–water partition coefficient (Wildman–Crippen LogP) is 5.55. The van der Waals surface area contributed by atoms with Gasteiger partial charge in [0.15, 0.2) is 17.3 Å². The Hall–Kier alpha value is -4.07. The fraction of sp³-hybridized carbons (Fsp3) is 0.433. The first-order valence-corrected chi connectivity index (χ1v) is 16.0. The first-order valence-electron chi connectivity index (χ1n) is 14.6. The number of aromatic nitrogens is 6. The zero-order valence-corrected chi connectivity index (χ0v) is 24.8. The summed E-state index contributed by atoms with van der Waals surface area (Å²) in [6, 6.07) is 5.21. The second-order valence-corrected chi connectivity index (χ2v) is 14.3. The van der Waals surface area contributed by atoms with Crippen LogP contribution in [0, 0.1) is 0 Å². The van der Waals surface area contributed by atoms with Crippen molar-refractivity contribution in [1.29, 1.82) is 0 Å². The van der Waals surface area contributed by atoms with Crippen LogP contribution in [-0.4, -0.2) is 45.0 Å². The van der Waals surface area contributed by atoms with E-state index in [1.54, 1.807) is 22.9 Å². The predicted molar refractivity (Wildman–Crippen MR) is 153 cm³/mol. The smallest absolute Gasteiger partial charge is 0.434 e. The molecule has 10 nitrogen and oxygen atoms in total. The Kier molecular flexibility index (Phi) is 5.76. The lowest BCUT2D eigenvalue weighted by Crippen LogP contribution is -2.31. The quantitative estimate of drug-likeness (QED) is 0.284. The maximum absolute atomic E-state index is 14.0. The van der Waals surface area contributed by atoms with Gasteiger partial charge in [-0.15, -0.1) is 0 Å². The monoisotopic (exact) mass is 623 g/mol. The van der Waals surface area contributed by atoms with Crippen LogP contribution in [0.2, 0.25) is 0 Å². The Balaban J connectivity index is 1.20. The van der Waals surface area contributed by atoms with Gasteiger partial charge in [0.1, 0.15) is 22.5 Å². The molecule has 1 spiro atoms. The lowest BCUT2D eigenvalue weighted by atomic mass is 9.99. The van der Waals surface area contributed by atoms with E-state index in [0.29, 0.717) is 65.5 Å². The average Bonchev–Trinajstić information content (AvgIpc) is 3.93. The van der Waals surface area contributed by atoms with E-state index in [1.807, 2.05) is 13.0 Å². The zero-order valence-electron chi connectivity index (χ0n) is 24.0. The minimum Gasteiger partial charge on any atom is -0.480 e. The van der Waals surface area contributed by atoms with E-state index >= 15 is 0 Å². The van der Waals surface area contributed by atoms with Gasteiger partial charge in [0.05, 0.1) is 19.3 Å². The topological polar surface area (TPSA) is 116 Å². The van der Waals surface area contributed by atoms with Gasteiger partial charge in [0.2, 0.25) is 15.9 Å². The number of hydrogen-bond acceptors (Lipinski definition) is 8. The van der Waals surface area contributed by atoms with Crippen LogP contribution in [0.3, 0.4) is 0 Å². The Labute approximate surface area is 251 Å². The molecule has 0 amide bonds. The third-order valence-electron chi connectivity index (χ3n) is 9.27. The Bertz CT molecular complexity index is 1950. The van der Waals surface area contributed by atoms with Gasteiger partial charge in [0.25, 0.3) is 0 Å². The van der Waals surface area contributed by atoms with Crippen LogP contribution in [-0.2, 0) is 33.9 Å². The van der Waals surface area contributed by atoms with Crippen molar-refractivity contribution in [3.63, 3.8) is 0 Å². The highest BCUT2D eigenvalue weighted by molar-refractivity contribution is 7.94. The van der Waals surface area contributed by atoms with Gasteiger partial charge in [-0.2, -0.15) is 13.2 Å². The maximum atomic E-state index is 14.0. The van der Waals surface area contributed by atoms with Crippen molar-refractivity contribution >= 4 is 15.8 Å². The van der Waals surface area contributed by atoms with Crippen molar-refractivity contribution in [3.8, 4) is 28.7 Å². The molecule has 1 atom stereocenters. The normalized spacial score (nSPS) is 21.0.